The van der Waals surface area contributed by atoms with Crippen molar-refractivity contribution in [1.82, 2.24) is 0 Å². The Morgan fingerprint density at radius 1 is 1.50 bits per heavy atom. The van der Waals surface area contributed by atoms with E-state index in [4.69, 9.17) is 4.74 Å². The van der Waals surface area contributed by atoms with Crippen LogP contribution in [0.1, 0.15) is 20.8 Å². The number of rotatable bonds is 1. The monoisotopic (exact) mass is 142 g/mol. The van der Waals surface area contributed by atoms with Crippen LogP contribution >= 0.6 is 0 Å². The largest absolute Gasteiger partial charge is 0.370 e. The number of methoxy groups -OCH3 is 1. The lowest BCUT2D eigenvalue weighted by Gasteiger charge is -2.47. The molecule has 0 spiro atoms. The van der Waals surface area contributed by atoms with Crippen LogP contribution < -0.4 is 0 Å². The van der Waals surface area contributed by atoms with Gasteiger partial charge in [-0.2, -0.15) is 0 Å². The summed E-state index contributed by atoms with van der Waals surface area (Å²) < 4.78 is 5.12. The number of carbonyl (C=O) groups excluding carboxylic acids is 1. The number of carbonyl (C=O) groups is 1. The zero-order valence-electron chi connectivity index (χ0n) is 6.97. The average Bonchev–Trinajstić information content (AvgIpc) is 2.00. The molecular weight excluding hydrogens is 128 g/mol. The summed E-state index contributed by atoms with van der Waals surface area (Å²) in [6.45, 7) is 5.86. The van der Waals surface area contributed by atoms with Crippen molar-refractivity contribution < 1.29 is 9.53 Å². The van der Waals surface area contributed by atoms with E-state index in [2.05, 4.69) is 6.92 Å². The van der Waals surface area contributed by atoms with Crippen LogP contribution in [0.4, 0.5) is 0 Å². The Hall–Kier alpha value is -0.370. The maximum absolute atomic E-state index is 11.2. The minimum absolute atomic E-state index is 0.185. The van der Waals surface area contributed by atoms with E-state index in [9.17, 15) is 4.79 Å². The lowest BCUT2D eigenvalue weighted by molar-refractivity contribution is -0.175. The van der Waals surface area contributed by atoms with Gasteiger partial charge in [0.2, 0.25) is 0 Å². The molecule has 0 heterocycles. The predicted octanol–water partition coefficient (Wildman–Crippen LogP) is 1.25. The van der Waals surface area contributed by atoms with Crippen LogP contribution in [0.3, 0.4) is 0 Å². The van der Waals surface area contributed by atoms with Crippen molar-refractivity contribution in [1.29, 1.82) is 0 Å². The van der Waals surface area contributed by atoms with E-state index in [1.54, 1.807) is 7.11 Å². The molecule has 3 unspecified atom stereocenters. The molecule has 3 atom stereocenters. The van der Waals surface area contributed by atoms with Gasteiger partial charge in [0.25, 0.3) is 0 Å². The molecule has 10 heavy (non-hydrogen) atoms. The van der Waals surface area contributed by atoms with E-state index in [1.165, 1.54) is 0 Å². The van der Waals surface area contributed by atoms with E-state index in [1.807, 2.05) is 13.8 Å². The van der Waals surface area contributed by atoms with E-state index in [0.717, 1.165) is 0 Å². The van der Waals surface area contributed by atoms with Crippen LogP contribution in [-0.2, 0) is 9.53 Å². The van der Waals surface area contributed by atoms with Gasteiger partial charge in [-0.05, 0) is 6.92 Å². The highest BCUT2D eigenvalue weighted by Crippen LogP contribution is 2.41. The maximum Gasteiger partial charge on any atom is 0.167 e. The molecule has 1 aliphatic carbocycles. The Bertz CT molecular complexity index is 165. The summed E-state index contributed by atoms with van der Waals surface area (Å²) in [5.41, 5.74) is -0.487. The van der Waals surface area contributed by atoms with Gasteiger partial charge in [-0.15, -0.1) is 0 Å². The molecule has 0 radical (unpaired) electrons. The van der Waals surface area contributed by atoms with Gasteiger partial charge in [0.15, 0.2) is 5.78 Å². The third-order valence-corrected chi connectivity index (χ3v) is 2.95. The van der Waals surface area contributed by atoms with Gasteiger partial charge in [-0.25, -0.2) is 0 Å². The maximum atomic E-state index is 11.2. The van der Waals surface area contributed by atoms with Crippen LogP contribution in [0.15, 0.2) is 0 Å². The molecule has 0 aromatic heterocycles. The normalized spacial score (nSPS) is 47.0. The fourth-order valence-corrected chi connectivity index (χ4v) is 1.57. The molecule has 1 fully saturated rings. The van der Waals surface area contributed by atoms with Gasteiger partial charge < -0.3 is 4.74 Å². The highest BCUT2D eigenvalue weighted by molar-refractivity contribution is 5.95. The van der Waals surface area contributed by atoms with Crippen LogP contribution in [0, 0.1) is 11.8 Å². The summed E-state index contributed by atoms with van der Waals surface area (Å²) in [6, 6.07) is 0. The smallest absolute Gasteiger partial charge is 0.167 e. The standard InChI is InChI=1S/C8H14O2/c1-5-6(2)8(3,10-4)7(5)9/h5-6H,1-4H3. The van der Waals surface area contributed by atoms with Crippen molar-refractivity contribution in [3.05, 3.63) is 0 Å². The van der Waals surface area contributed by atoms with Crippen molar-refractivity contribution in [2.24, 2.45) is 11.8 Å². The van der Waals surface area contributed by atoms with Crippen molar-refractivity contribution in [2.75, 3.05) is 7.11 Å². The zero-order valence-corrected chi connectivity index (χ0v) is 6.97. The molecule has 1 saturated carbocycles. The summed E-state index contributed by atoms with van der Waals surface area (Å²) in [6.07, 6.45) is 0. The number of hydrogen-bond acceptors (Lipinski definition) is 2. The fraction of sp³-hybridized carbons (Fsp3) is 0.875. The first-order chi connectivity index (χ1) is 4.54. The Labute approximate surface area is 61.6 Å². The fourth-order valence-electron chi connectivity index (χ4n) is 1.57. The molecule has 2 nitrogen and oxygen atoms in total. The summed E-state index contributed by atoms with van der Waals surface area (Å²) in [5, 5.41) is 0. The second-order valence-electron chi connectivity index (χ2n) is 3.25. The Kier molecular flexibility index (Phi) is 1.59. The summed E-state index contributed by atoms with van der Waals surface area (Å²) >= 11 is 0. The number of Topliss-reactive ketones (excluding diaryl/α,β-unsaturated/α-hetero) is 1. The summed E-state index contributed by atoms with van der Waals surface area (Å²) in [5.74, 6) is 0.789. The lowest BCUT2D eigenvalue weighted by atomic mass is 9.62. The van der Waals surface area contributed by atoms with E-state index in [0.29, 0.717) is 5.92 Å². The Balaban J connectivity index is 2.74. The molecule has 1 rings (SSSR count). The average molecular weight is 142 g/mol. The first-order valence-electron chi connectivity index (χ1n) is 3.63. The molecule has 0 amide bonds. The van der Waals surface area contributed by atoms with E-state index < -0.39 is 5.60 Å². The second kappa shape index (κ2) is 2.06. The van der Waals surface area contributed by atoms with Gasteiger partial charge >= 0.3 is 0 Å². The number of ether oxygens (including phenoxy) is 1. The minimum Gasteiger partial charge on any atom is -0.370 e. The minimum atomic E-state index is -0.487. The molecule has 0 aromatic rings. The van der Waals surface area contributed by atoms with Crippen LogP contribution in [0.5, 0.6) is 0 Å². The summed E-state index contributed by atoms with van der Waals surface area (Å²) in [4.78, 5) is 11.2. The topological polar surface area (TPSA) is 26.3 Å². The van der Waals surface area contributed by atoms with Gasteiger partial charge in [0.1, 0.15) is 5.60 Å². The highest BCUT2D eigenvalue weighted by atomic mass is 16.5. The van der Waals surface area contributed by atoms with Crippen molar-refractivity contribution >= 4 is 5.78 Å². The van der Waals surface area contributed by atoms with Gasteiger partial charge in [0.05, 0.1) is 0 Å². The van der Waals surface area contributed by atoms with Gasteiger partial charge in [-0.1, -0.05) is 13.8 Å². The summed E-state index contributed by atoms with van der Waals surface area (Å²) in [7, 11) is 1.60. The third-order valence-electron chi connectivity index (χ3n) is 2.95. The predicted molar refractivity (Wildman–Crippen MR) is 38.7 cm³/mol. The quantitative estimate of drug-likeness (QED) is 0.550. The van der Waals surface area contributed by atoms with Crippen LogP contribution in [0.25, 0.3) is 0 Å². The lowest BCUT2D eigenvalue weighted by Crippen LogP contribution is -2.60. The molecule has 0 aliphatic heterocycles. The SMILES string of the molecule is COC1(C)C(=O)C(C)C1C. The van der Waals surface area contributed by atoms with Crippen molar-refractivity contribution in [3.63, 3.8) is 0 Å². The molecule has 0 bridgehead atoms. The zero-order chi connectivity index (χ0) is 7.94. The van der Waals surface area contributed by atoms with Crippen LogP contribution in [-0.4, -0.2) is 18.5 Å². The Morgan fingerprint density at radius 2 is 2.00 bits per heavy atom. The molecule has 58 valence electrons. The molecular formula is C8H14O2. The number of ketones is 1. The first-order valence-corrected chi connectivity index (χ1v) is 3.63. The van der Waals surface area contributed by atoms with Gasteiger partial charge in [-0.3, -0.25) is 4.79 Å². The van der Waals surface area contributed by atoms with Crippen molar-refractivity contribution in [2.45, 2.75) is 26.4 Å². The van der Waals surface area contributed by atoms with Crippen molar-refractivity contribution in [3.8, 4) is 0 Å². The molecule has 0 saturated heterocycles. The Morgan fingerprint density at radius 3 is 2.20 bits per heavy atom. The molecule has 1 aliphatic rings. The third kappa shape index (κ3) is 0.655. The first kappa shape index (κ1) is 7.73. The second-order valence-corrected chi connectivity index (χ2v) is 3.25. The highest BCUT2D eigenvalue weighted by Gasteiger charge is 2.54. The van der Waals surface area contributed by atoms with Crippen LogP contribution in [0.2, 0.25) is 0 Å². The molecule has 0 N–H and O–H groups in total. The van der Waals surface area contributed by atoms with Gasteiger partial charge in [0, 0.05) is 18.9 Å². The number of hydrogen-bond donors (Lipinski definition) is 0. The molecule has 2 heteroatoms. The van der Waals surface area contributed by atoms with E-state index in [-0.39, 0.29) is 11.7 Å². The van der Waals surface area contributed by atoms with E-state index >= 15 is 0 Å². The molecule has 0 aromatic carbocycles.